The molecule has 102 valence electrons. The zero-order valence-electron chi connectivity index (χ0n) is 11.7. The molecule has 0 spiro atoms. The number of nitrogens with two attached hydrogens (primary N) is 1. The van der Waals surface area contributed by atoms with E-state index in [1.807, 2.05) is 0 Å². The third kappa shape index (κ3) is 9.16. The number of hydrogen-bond donors (Lipinski definition) is 1. The van der Waals surface area contributed by atoms with Crippen LogP contribution in [0.4, 0.5) is 0 Å². The Labute approximate surface area is 107 Å². The van der Waals surface area contributed by atoms with Crippen molar-refractivity contribution in [3.63, 3.8) is 0 Å². The summed E-state index contributed by atoms with van der Waals surface area (Å²) in [4.78, 5) is 14.1. The van der Waals surface area contributed by atoms with E-state index in [0.717, 1.165) is 64.6 Å². The van der Waals surface area contributed by atoms with Crippen LogP contribution in [-0.2, 0) is 4.79 Å². The van der Waals surface area contributed by atoms with Gasteiger partial charge in [0.05, 0.1) is 0 Å². The SMILES string of the molecule is CCCCN(CCCC)C(=O)CCCCCN. The smallest absolute Gasteiger partial charge is 0.222 e. The quantitative estimate of drug-likeness (QED) is 0.566. The summed E-state index contributed by atoms with van der Waals surface area (Å²) in [6, 6.07) is 0. The van der Waals surface area contributed by atoms with E-state index in [1.54, 1.807) is 0 Å². The van der Waals surface area contributed by atoms with Gasteiger partial charge in [-0.1, -0.05) is 33.1 Å². The first-order valence-electron chi connectivity index (χ1n) is 7.24. The van der Waals surface area contributed by atoms with Crippen molar-refractivity contribution in [2.75, 3.05) is 19.6 Å². The lowest BCUT2D eigenvalue weighted by molar-refractivity contribution is -0.131. The second-order valence-corrected chi connectivity index (χ2v) is 4.69. The molecule has 0 unspecified atom stereocenters. The van der Waals surface area contributed by atoms with Gasteiger partial charge in [0.2, 0.25) is 5.91 Å². The molecule has 0 aliphatic carbocycles. The summed E-state index contributed by atoms with van der Waals surface area (Å²) < 4.78 is 0. The average molecular weight is 242 g/mol. The van der Waals surface area contributed by atoms with Crippen LogP contribution in [0.1, 0.15) is 65.2 Å². The van der Waals surface area contributed by atoms with Gasteiger partial charge in [-0.15, -0.1) is 0 Å². The minimum absolute atomic E-state index is 0.337. The minimum atomic E-state index is 0.337. The lowest BCUT2D eigenvalue weighted by Gasteiger charge is -2.22. The third-order valence-electron chi connectivity index (χ3n) is 3.01. The highest BCUT2D eigenvalue weighted by Crippen LogP contribution is 2.06. The Hall–Kier alpha value is -0.570. The second-order valence-electron chi connectivity index (χ2n) is 4.69. The average Bonchev–Trinajstić information content (AvgIpc) is 2.34. The maximum Gasteiger partial charge on any atom is 0.222 e. The van der Waals surface area contributed by atoms with E-state index in [1.165, 1.54) is 0 Å². The van der Waals surface area contributed by atoms with E-state index in [4.69, 9.17) is 5.73 Å². The number of carbonyl (C=O) groups is 1. The highest BCUT2D eigenvalue weighted by molar-refractivity contribution is 5.76. The zero-order valence-corrected chi connectivity index (χ0v) is 11.7. The largest absolute Gasteiger partial charge is 0.343 e. The monoisotopic (exact) mass is 242 g/mol. The maximum absolute atomic E-state index is 12.0. The maximum atomic E-state index is 12.0. The van der Waals surface area contributed by atoms with Gasteiger partial charge in [0.25, 0.3) is 0 Å². The second kappa shape index (κ2) is 11.9. The van der Waals surface area contributed by atoms with E-state index in [0.29, 0.717) is 12.3 Å². The van der Waals surface area contributed by atoms with Gasteiger partial charge in [0, 0.05) is 19.5 Å². The predicted molar refractivity (Wildman–Crippen MR) is 73.9 cm³/mol. The highest BCUT2D eigenvalue weighted by Gasteiger charge is 2.11. The molecular formula is C14H30N2O. The summed E-state index contributed by atoms with van der Waals surface area (Å²) in [5.41, 5.74) is 5.44. The summed E-state index contributed by atoms with van der Waals surface area (Å²) in [6.45, 7) is 6.95. The van der Waals surface area contributed by atoms with Crippen molar-refractivity contribution < 1.29 is 4.79 Å². The van der Waals surface area contributed by atoms with E-state index in [-0.39, 0.29) is 0 Å². The van der Waals surface area contributed by atoms with Gasteiger partial charge in [0.1, 0.15) is 0 Å². The van der Waals surface area contributed by atoms with Gasteiger partial charge < -0.3 is 10.6 Å². The van der Waals surface area contributed by atoms with Crippen LogP contribution in [-0.4, -0.2) is 30.4 Å². The van der Waals surface area contributed by atoms with Crippen LogP contribution in [0.25, 0.3) is 0 Å². The van der Waals surface area contributed by atoms with Crippen LogP contribution in [0.3, 0.4) is 0 Å². The van der Waals surface area contributed by atoms with E-state index < -0.39 is 0 Å². The molecule has 0 aliphatic rings. The molecule has 1 amide bonds. The standard InChI is InChI=1S/C14H30N2O/c1-3-5-12-16(13-6-4-2)14(17)10-8-7-9-11-15/h3-13,15H2,1-2H3. The molecule has 0 saturated heterocycles. The van der Waals surface area contributed by atoms with Gasteiger partial charge in [-0.3, -0.25) is 4.79 Å². The number of nitrogens with zero attached hydrogens (tertiary/aromatic N) is 1. The molecule has 0 atom stereocenters. The predicted octanol–water partition coefficient (Wildman–Crippen LogP) is 2.93. The Kier molecular flexibility index (Phi) is 11.5. The molecule has 3 nitrogen and oxygen atoms in total. The van der Waals surface area contributed by atoms with Crippen molar-refractivity contribution in [2.24, 2.45) is 5.73 Å². The van der Waals surface area contributed by atoms with Crippen LogP contribution in [0, 0.1) is 0 Å². The van der Waals surface area contributed by atoms with Gasteiger partial charge in [0.15, 0.2) is 0 Å². The number of rotatable bonds is 11. The van der Waals surface area contributed by atoms with Crippen LogP contribution in [0.15, 0.2) is 0 Å². The first-order valence-corrected chi connectivity index (χ1v) is 7.24. The van der Waals surface area contributed by atoms with Crippen LogP contribution in [0.2, 0.25) is 0 Å². The molecule has 0 rings (SSSR count). The van der Waals surface area contributed by atoms with Crippen molar-refractivity contribution in [1.29, 1.82) is 0 Å². The van der Waals surface area contributed by atoms with Crippen LogP contribution in [0.5, 0.6) is 0 Å². The minimum Gasteiger partial charge on any atom is -0.343 e. The van der Waals surface area contributed by atoms with Crippen molar-refractivity contribution in [1.82, 2.24) is 4.90 Å². The summed E-state index contributed by atoms with van der Waals surface area (Å²) in [5, 5.41) is 0. The lowest BCUT2D eigenvalue weighted by Crippen LogP contribution is -2.32. The molecule has 0 bridgehead atoms. The fourth-order valence-corrected chi connectivity index (χ4v) is 1.81. The molecule has 0 aliphatic heterocycles. The topological polar surface area (TPSA) is 46.3 Å². The number of carbonyl (C=O) groups excluding carboxylic acids is 1. The van der Waals surface area contributed by atoms with Gasteiger partial charge in [-0.05, 0) is 32.2 Å². The molecular weight excluding hydrogens is 212 g/mol. The van der Waals surface area contributed by atoms with Crippen molar-refractivity contribution in [2.45, 2.75) is 65.2 Å². The normalized spacial score (nSPS) is 10.5. The molecule has 2 N–H and O–H groups in total. The van der Waals surface area contributed by atoms with Gasteiger partial charge in [-0.2, -0.15) is 0 Å². The molecule has 0 aromatic rings. The lowest BCUT2D eigenvalue weighted by atomic mass is 10.1. The molecule has 0 aromatic carbocycles. The molecule has 0 heterocycles. The molecule has 0 fully saturated rings. The fourth-order valence-electron chi connectivity index (χ4n) is 1.81. The number of hydrogen-bond acceptors (Lipinski definition) is 2. The van der Waals surface area contributed by atoms with Gasteiger partial charge >= 0.3 is 0 Å². The number of amides is 1. The molecule has 17 heavy (non-hydrogen) atoms. The number of unbranched alkanes of at least 4 members (excludes halogenated alkanes) is 4. The Morgan fingerprint density at radius 1 is 0.941 bits per heavy atom. The third-order valence-corrected chi connectivity index (χ3v) is 3.01. The summed E-state index contributed by atoms with van der Waals surface area (Å²) in [7, 11) is 0. The zero-order chi connectivity index (χ0) is 12.9. The van der Waals surface area contributed by atoms with Crippen molar-refractivity contribution >= 4 is 5.91 Å². The summed E-state index contributed by atoms with van der Waals surface area (Å²) in [5.74, 6) is 0.337. The van der Waals surface area contributed by atoms with E-state index >= 15 is 0 Å². The van der Waals surface area contributed by atoms with Crippen LogP contribution >= 0.6 is 0 Å². The summed E-state index contributed by atoms with van der Waals surface area (Å²) in [6.07, 6.45) is 8.37. The summed E-state index contributed by atoms with van der Waals surface area (Å²) >= 11 is 0. The Bertz CT molecular complexity index is 175. The highest BCUT2D eigenvalue weighted by atomic mass is 16.2. The fraction of sp³-hybridized carbons (Fsp3) is 0.929. The molecule has 0 aromatic heterocycles. The molecule has 0 radical (unpaired) electrons. The van der Waals surface area contributed by atoms with Gasteiger partial charge in [-0.25, -0.2) is 0 Å². The van der Waals surface area contributed by atoms with Crippen LogP contribution < -0.4 is 5.73 Å². The Morgan fingerprint density at radius 2 is 1.53 bits per heavy atom. The Balaban J connectivity index is 3.85. The molecule has 0 saturated carbocycles. The first-order chi connectivity index (χ1) is 8.26. The molecule has 3 heteroatoms. The van der Waals surface area contributed by atoms with E-state index in [2.05, 4.69) is 18.7 Å². The van der Waals surface area contributed by atoms with E-state index in [9.17, 15) is 4.79 Å². The van der Waals surface area contributed by atoms with Crippen molar-refractivity contribution in [3.8, 4) is 0 Å². The Morgan fingerprint density at radius 3 is 2.00 bits per heavy atom. The first kappa shape index (κ1) is 16.4. The van der Waals surface area contributed by atoms with Crippen molar-refractivity contribution in [3.05, 3.63) is 0 Å².